The first-order chi connectivity index (χ1) is 12.9. The van der Waals surface area contributed by atoms with Crippen LogP contribution >= 0.6 is 11.6 Å². The molecule has 1 amide bonds. The van der Waals surface area contributed by atoms with Gasteiger partial charge in [0.05, 0.1) is 16.6 Å². The van der Waals surface area contributed by atoms with Crippen molar-refractivity contribution < 1.29 is 19.1 Å². The van der Waals surface area contributed by atoms with Crippen LogP contribution in [0.25, 0.3) is 0 Å². The topological polar surface area (TPSA) is 63.7 Å². The molecule has 140 valence electrons. The number of amides is 1. The van der Waals surface area contributed by atoms with Crippen molar-refractivity contribution in [3.63, 3.8) is 0 Å². The lowest BCUT2D eigenvalue weighted by Crippen LogP contribution is -2.30. The molecule has 0 aromatic heterocycles. The van der Waals surface area contributed by atoms with E-state index in [0.717, 1.165) is 5.56 Å². The van der Waals surface area contributed by atoms with Crippen molar-refractivity contribution in [1.29, 1.82) is 0 Å². The summed E-state index contributed by atoms with van der Waals surface area (Å²) in [5.74, 6) is -1.63. The van der Waals surface area contributed by atoms with Crippen molar-refractivity contribution in [1.82, 2.24) is 0 Å². The van der Waals surface area contributed by atoms with E-state index in [9.17, 15) is 14.4 Å². The molecule has 1 heterocycles. The molecule has 5 nitrogen and oxygen atoms in total. The number of nitrogens with zero attached hydrogens (tertiary/aromatic N) is 1. The number of ether oxygens (including phenoxy) is 1. The van der Waals surface area contributed by atoms with E-state index in [0.29, 0.717) is 16.3 Å². The quantitative estimate of drug-likeness (QED) is 0.579. The third kappa shape index (κ3) is 4.19. The summed E-state index contributed by atoms with van der Waals surface area (Å²) in [5.41, 5.74) is 2.10. The number of para-hydroxylation sites is 1. The van der Waals surface area contributed by atoms with E-state index >= 15 is 0 Å². The van der Waals surface area contributed by atoms with Crippen molar-refractivity contribution in [3.05, 3.63) is 64.7 Å². The molecule has 3 rings (SSSR count). The molecule has 0 N–H and O–H groups in total. The number of ketones is 1. The minimum Gasteiger partial charge on any atom is -0.454 e. The Bertz CT molecular complexity index is 878. The van der Waals surface area contributed by atoms with Crippen LogP contribution in [0.4, 0.5) is 5.69 Å². The number of benzene rings is 2. The predicted octanol–water partition coefficient (Wildman–Crippen LogP) is 3.82. The van der Waals surface area contributed by atoms with Gasteiger partial charge in [0, 0.05) is 18.5 Å². The first-order valence-corrected chi connectivity index (χ1v) is 9.11. The Morgan fingerprint density at radius 1 is 1.15 bits per heavy atom. The standard InChI is InChI=1S/C21H20ClNO4/c1-13-7-9-15(10-8-13)20(25)14(2)27-21(26)16-11-19(24)23(12-16)18-6-4-3-5-17(18)22/h3-10,14,16H,11-12H2,1-2H3/t14-,16-/m1/s1. The van der Waals surface area contributed by atoms with Gasteiger partial charge in [-0.05, 0) is 26.0 Å². The fourth-order valence-electron chi connectivity index (χ4n) is 3.05. The first kappa shape index (κ1) is 19.1. The van der Waals surface area contributed by atoms with Crippen molar-refractivity contribution in [2.75, 3.05) is 11.4 Å². The summed E-state index contributed by atoms with van der Waals surface area (Å²) >= 11 is 6.15. The molecule has 0 saturated carbocycles. The number of hydrogen-bond acceptors (Lipinski definition) is 4. The lowest BCUT2D eigenvalue weighted by atomic mass is 10.1. The van der Waals surface area contributed by atoms with Crippen molar-refractivity contribution in [2.24, 2.45) is 5.92 Å². The number of aryl methyl sites for hydroxylation is 1. The van der Waals surface area contributed by atoms with Gasteiger partial charge in [0.1, 0.15) is 0 Å². The molecule has 2 atom stereocenters. The normalized spacial score (nSPS) is 17.7. The zero-order valence-corrected chi connectivity index (χ0v) is 15.9. The zero-order chi connectivity index (χ0) is 19.6. The second kappa shape index (κ2) is 7.92. The van der Waals surface area contributed by atoms with E-state index in [1.165, 1.54) is 4.90 Å². The second-order valence-electron chi connectivity index (χ2n) is 6.67. The van der Waals surface area contributed by atoms with Gasteiger partial charge < -0.3 is 9.64 Å². The Morgan fingerprint density at radius 2 is 1.81 bits per heavy atom. The van der Waals surface area contributed by atoms with Crippen LogP contribution in [0.1, 0.15) is 29.3 Å². The van der Waals surface area contributed by atoms with E-state index in [4.69, 9.17) is 16.3 Å². The van der Waals surface area contributed by atoms with Gasteiger partial charge in [-0.15, -0.1) is 0 Å². The van der Waals surface area contributed by atoms with Gasteiger partial charge in [0.15, 0.2) is 6.10 Å². The minimum absolute atomic E-state index is 0.0372. The molecule has 6 heteroatoms. The van der Waals surface area contributed by atoms with E-state index in [1.807, 2.05) is 19.1 Å². The third-order valence-corrected chi connectivity index (χ3v) is 4.92. The Kier molecular flexibility index (Phi) is 5.61. The van der Waals surface area contributed by atoms with Gasteiger partial charge in [-0.3, -0.25) is 14.4 Å². The van der Waals surface area contributed by atoms with Crippen LogP contribution in [-0.2, 0) is 14.3 Å². The van der Waals surface area contributed by atoms with Crippen molar-refractivity contribution in [2.45, 2.75) is 26.4 Å². The van der Waals surface area contributed by atoms with Crippen LogP contribution in [0.15, 0.2) is 48.5 Å². The van der Waals surface area contributed by atoms with Gasteiger partial charge >= 0.3 is 5.97 Å². The molecule has 1 saturated heterocycles. The highest BCUT2D eigenvalue weighted by atomic mass is 35.5. The Labute approximate surface area is 162 Å². The summed E-state index contributed by atoms with van der Waals surface area (Å²) in [6, 6.07) is 14.1. The number of anilines is 1. The lowest BCUT2D eigenvalue weighted by molar-refractivity contribution is -0.151. The Balaban J connectivity index is 1.64. The SMILES string of the molecule is Cc1ccc(C(=O)[C@@H](C)OC(=O)[C@@H]2CC(=O)N(c3ccccc3Cl)C2)cc1. The van der Waals surface area contributed by atoms with Crippen LogP contribution in [0.3, 0.4) is 0 Å². The average molecular weight is 386 g/mol. The summed E-state index contributed by atoms with van der Waals surface area (Å²) < 4.78 is 5.34. The molecule has 0 unspecified atom stereocenters. The van der Waals surface area contributed by atoms with Crippen molar-refractivity contribution >= 4 is 34.9 Å². The number of halogens is 1. The lowest BCUT2D eigenvalue weighted by Gasteiger charge is -2.18. The maximum Gasteiger partial charge on any atom is 0.312 e. The zero-order valence-electron chi connectivity index (χ0n) is 15.1. The molecule has 1 aliphatic heterocycles. The van der Waals surface area contributed by atoms with E-state index < -0.39 is 18.0 Å². The Hall–Kier alpha value is -2.66. The van der Waals surface area contributed by atoms with Crippen LogP contribution in [-0.4, -0.2) is 30.3 Å². The number of rotatable bonds is 5. The molecule has 27 heavy (non-hydrogen) atoms. The number of esters is 1. The van der Waals surface area contributed by atoms with Crippen LogP contribution in [0.5, 0.6) is 0 Å². The summed E-state index contributed by atoms with van der Waals surface area (Å²) in [5, 5.41) is 0.447. The maximum absolute atomic E-state index is 12.5. The highest BCUT2D eigenvalue weighted by Gasteiger charge is 2.38. The number of Topliss-reactive ketones (excluding diaryl/α,β-unsaturated/α-hetero) is 1. The van der Waals surface area contributed by atoms with Gasteiger partial charge in [0.25, 0.3) is 0 Å². The van der Waals surface area contributed by atoms with Crippen LogP contribution < -0.4 is 4.90 Å². The molecule has 0 radical (unpaired) electrons. The molecule has 1 aliphatic rings. The summed E-state index contributed by atoms with van der Waals surface area (Å²) in [7, 11) is 0. The Morgan fingerprint density at radius 3 is 2.48 bits per heavy atom. The van der Waals surface area contributed by atoms with Crippen LogP contribution in [0.2, 0.25) is 5.02 Å². The van der Waals surface area contributed by atoms with Crippen LogP contribution in [0, 0.1) is 12.8 Å². The predicted molar refractivity (Wildman–Crippen MR) is 103 cm³/mol. The summed E-state index contributed by atoms with van der Waals surface area (Å²) in [6.07, 6.45) is -0.875. The molecule has 0 spiro atoms. The smallest absolute Gasteiger partial charge is 0.312 e. The number of hydrogen-bond donors (Lipinski definition) is 0. The number of carbonyl (C=O) groups is 3. The fourth-order valence-corrected chi connectivity index (χ4v) is 3.28. The minimum atomic E-state index is -0.912. The number of carbonyl (C=O) groups excluding carboxylic acids is 3. The fraction of sp³-hybridized carbons (Fsp3) is 0.286. The summed E-state index contributed by atoms with van der Waals surface area (Å²) in [6.45, 7) is 3.66. The summed E-state index contributed by atoms with van der Waals surface area (Å²) in [4.78, 5) is 38.7. The van der Waals surface area contributed by atoms with Crippen molar-refractivity contribution in [3.8, 4) is 0 Å². The molecule has 0 bridgehead atoms. The molecular formula is C21H20ClNO4. The molecule has 2 aromatic rings. The van der Waals surface area contributed by atoms with Gasteiger partial charge in [-0.1, -0.05) is 53.6 Å². The second-order valence-corrected chi connectivity index (χ2v) is 7.07. The maximum atomic E-state index is 12.5. The highest BCUT2D eigenvalue weighted by molar-refractivity contribution is 6.33. The molecule has 0 aliphatic carbocycles. The first-order valence-electron chi connectivity index (χ1n) is 8.73. The molecular weight excluding hydrogens is 366 g/mol. The van der Waals surface area contributed by atoms with E-state index in [2.05, 4.69) is 0 Å². The van der Waals surface area contributed by atoms with Gasteiger partial charge in [-0.2, -0.15) is 0 Å². The van der Waals surface area contributed by atoms with Gasteiger partial charge in [0.2, 0.25) is 11.7 Å². The molecule has 2 aromatic carbocycles. The average Bonchev–Trinajstić information content (AvgIpc) is 3.04. The van der Waals surface area contributed by atoms with E-state index in [1.54, 1.807) is 43.3 Å². The van der Waals surface area contributed by atoms with Gasteiger partial charge in [-0.25, -0.2) is 0 Å². The van der Waals surface area contributed by atoms with E-state index in [-0.39, 0.29) is 24.7 Å². The largest absolute Gasteiger partial charge is 0.454 e. The third-order valence-electron chi connectivity index (χ3n) is 4.60. The highest BCUT2D eigenvalue weighted by Crippen LogP contribution is 2.31. The molecule has 1 fully saturated rings. The monoisotopic (exact) mass is 385 g/mol.